The maximum Gasteiger partial charge on any atom is 0.413 e. The number of alkyl halides is 3. The van der Waals surface area contributed by atoms with E-state index < -0.39 is 24.2 Å². The molecule has 1 aromatic heterocycles. The Morgan fingerprint density at radius 2 is 1.85 bits per heavy atom. The summed E-state index contributed by atoms with van der Waals surface area (Å²) in [4.78, 5) is 12.3. The van der Waals surface area contributed by atoms with Crippen LogP contribution in [0.1, 0.15) is 29.9 Å². The number of ether oxygens (including phenoxy) is 1. The zero-order chi connectivity index (χ0) is 19.6. The number of nitrogens with zero attached hydrogens (tertiary/aromatic N) is 2. The SMILES string of the molecule is Cc1nn(C)c(C)c1[C@H](NC(=O)[C@@H](C)Oc1ccc(Br)cc1)C(F)(F)F. The van der Waals surface area contributed by atoms with Crippen molar-refractivity contribution in [2.75, 3.05) is 0 Å². The fourth-order valence-corrected chi connectivity index (χ4v) is 2.82. The molecule has 0 aliphatic heterocycles. The minimum absolute atomic E-state index is 0.0517. The van der Waals surface area contributed by atoms with Gasteiger partial charge >= 0.3 is 6.18 Å². The van der Waals surface area contributed by atoms with Crippen LogP contribution in [0.5, 0.6) is 5.75 Å². The third kappa shape index (κ3) is 4.57. The molecule has 0 bridgehead atoms. The van der Waals surface area contributed by atoms with Crippen molar-refractivity contribution >= 4 is 21.8 Å². The smallest absolute Gasteiger partial charge is 0.413 e. The van der Waals surface area contributed by atoms with Gasteiger partial charge in [0.25, 0.3) is 5.91 Å². The Morgan fingerprint density at radius 3 is 2.31 bits per heavy atom. The molecule has 1 heterocycles. The number of halogens is 4. The van der Waals surface area contributed by atoms with Crippen molar-refractivity contribution in [2.24, 2.45) is 7.05 Å². The molecule has 2 atom stereocenters. The molecule has 2 rings (SSSR count). The summed E-state index contributed by atoms with van der Waals surface area (Å²) < 4.78 is 48.3. The third-order valence-corrected chi connectivity index (χ3v) is 4.49. The van der Waals surface area contributed by atoms with Gasteiger partial charge in [0.2, 0.25) is 0 Å². The maximum atomic E-state index is 13.6. The average molecular weight is 434 g/mol. The molecular weight excluding hydrogens is 415 g/mol. The van der Waals surface area contributed by atoms with Crippen molar-refractivity contribution in [1.82, 2.24) is 15.1 Å². The second-order valence-electron chi connectivity index (χ2n) is 5.91. The van der Waals surface area contributed by atoms with Crippen LogP contribution in [0.4, 0.5) is 13.2 Å². The molecule has 0 radical (unpaired) electrons. The average Bonchev–Trinajstić information content (AvgIpc) is 2.78. The number of hydrogen-bond donors (Lipinski definition) is 1. The summed E-state index contributed by atoms with van der Waals surface area (Å²) in [5.74, 6) is -0.481. The summed E-state index contributed by atoms with van der Waals surface area (Å²) in [7, 11) is 1.56. The van der Waals surface area contributed by atoms with Gasteiger partial charge in [-0.05, 0) is 45.0 Å². The minimum Gasteiger partial charge on any atom is -0.481 e. The first kappa shape index (κ1) is 20.3. The summed E-state index contributed by atoms with van der Waals surface area (Å²) in [6.07, 6.45) is -5.76. The number of benzene rings is 1. The van der Waals surface area contributed by atoms with E-state index in [1.54, 1.807) is 31.3 Å². The Labute approximate surface area is 157 Å². The van der Waals surface area contributed by atoms with E-state index in [4.69, 9.17) is 4.74 Å². The number of hydrogen-bond acceptors (Lipinski definition) is 3. The largest absolute Gasteiger partial charge is 0.481 e. The van der Waals surface area contributed by atoms with E-state index in [0.29, 0.717) is 11.4 Å². The predicted molar refractivity (Wildman–Crippen MR) is 93.9 cm³/mol. The lowest BCUT2D eigenvalue weighted by Gasteiger charge is -2.24. The number of carbonyl (C=O) groups is 1. The highest BCUT2D eigenvalue weighted by atomic mass is 79.9. The summed E-state index contributed by atoms with van der Waals surface area (Å²) in [6, 6.07) is 4.50. The van der Waals surface area contributed by atoms with Gasteiger partial charge in [0.15, 0.2) is 12.1 Å². The van der Waals surface area contributed by atoms with Crippen LogP contribution in [0.2, 0.25) is 0 Å². The van der Waals surface area contributed by atoms with Crippen LogP contribution < -0.4 is 10.1 Å². The first-order chi connectivity index (χ1) is 12.0. The van der Waals surface area contributed by atoms with Crippen molar-refractivity contribution in [3.63, 3.8) is 0 Å². The molecule has 0 saturated carbocycles. The second kappa shape index (κ2) is 7.69. The van der Waals surface area contributed by atoms with Crippen molar-refractivity contribution in [1.29, 1.82) is 0 Å². The lowest BCUT2D eigenvalue weighted by atomic mass is 10.0. The van der Waals surface area contributed by atoms with Gasteiger partial charge in [0.1, 0.15) is 5.75 Å². The van der Waals surface area contributed by atoms with Gasteiger partial charge in [-0.1, -0.05) is 15.9 Å². The van der Waals surface area contributed by atoms with E-state index in [1.807, 2.05) is 5.32 Å². The van der Waals surface area contributed by atoms with Gasteiger partial charge in [0.05, 0.1) is 5.69 Å². The normalized spacial score (nSPS) is 14.0. The van der Waals surface area contributed by atoms with Gasteiger partial charge in [-0.2, -0.15) is 18.3 Å². The lowest BCUT2D eigenvalue weighted by Crippen LogP contribution is -2.44. The summed E-state index contributed by atoms with van der Waals surface area (Å²) in [5, 5.41) is 6.05. The van der Waals surface area contributed by atoms with Crippen molar-refractivity contribution in [2.45, 2.75) is 39.1 Å². The minimum atomic E-state index is -4.66. The molecule has 0 aliphatic rings. The Morgan fingerprint density at radius 1 is 1.27 bits per heavy atom. The monoisotopic (exact) mass is 433 g/mol. The van der Waals surface area contributed by atoms with Gasteiger partial charge in [-0.15, -0.1) is 0 Å². The molecule has 1 aromatic carbocycles. The van der Waals surface area contributed by atoms with Crippen molar-refractivity contribution < 1.29 is 22.7 Å². The van der Waals surface area contributed by atoms with E-state index in [0.717, 1.165) is 4.47 Å². The van der Waals surface area contributed by atoms with Gasteiger partial charge in [-0.25, -0.2) is 0 Å². The number of aryl methyl sites for hydroxylation is 2. The molecule has 2 aromatic rings. The van der Waals surface area contributed by atoms with E-state index in [2.05, 4.69) is 21.0 Å². The van der Waals surface area contributed by atoms with Crippen LogP contribution in [-0.2, 0) is 11.8 Å². The van der Waals surface area contributed by atoms with E-state index in [-0.39, 0.29) is 11.3 Å². The molecule has 5 nitrogen and oxygen atoms in total. The van der Waals surface area contributed by atoms with Crippen molar-refractivity contribution in [3.8, 4) is 5.75 Å². The molecule has 26 heavy (non-hydrogen) atoms. The highest BCUT2D eigenvalue weighted by Crippen LogP contribution is 2.36. The van der Waals surface area contributed by atoms with Crippen LogP contribution in [0.3, 0.4) is 0 Å². The van der Waals surface area contributed by atoms with Gasteiger partial charge in [0, 0.05) is 22.8 Å². The molecule has 1 N–H and O–H groups in total. The number of carbonyl (C=O) groups excluding carboxylic acids is 1. The lowest BCUT2D eigenvalue weighted by molar-refractivity contribution is -0.165. The number of amides is 1. The van der Waals surface area contributed by atoms with E-state index in [1.165, 1.54) is 25.5 Å². The molecule has 9 heteroatoms. The number of nitrogens with one attached hydrogen (secondary N) is 1. The third-order valence-electron chi connectivity index (χ3n) is 3.96. The topological polar surface area (TPSA) is 56.2 Å². The molecule has 0 aliphatic carbocycles. The molecule has 1 amide bonds. The van der Waals surface area contributed by atoms with E-state index >= 15 is 0 Å². The maximum absolute atomic E-state index is 13.6. The van der Waals surface area contributed by atoms with E-state index in [9.17, 15) is 18.0 Å². The molecule has 0 saturated heterocycles. The highest BCUT2D eigenvalue weighted by molar-refractivity contribution is 9.10. The molecule has 0 unspecified atom stereocenters. The summed E-state index contributed by atoms with van der Waals surface area (Å²) in [5.41, 5.74) is 0.505. The van der Waals surface area contributed by atoms with Crippen LogP contribution in [0.25, 0.3) is 0 Å². The summed E-state index contributed by atoms with van der Waals surface area (Å²) in [6.45, 7) is 4.41. The van der Waals surface area contributed by atoms with Crippen LogP contribution in [0, 0.1) is 13.8 Å². The van der Waals surface area contributed by atoms with Crippen LogP contribution in [0.15, 0.2) is 28.7 Å². The molecular formula is C17H19BrF3N3O2. The Balaban J connectivity index is 2.20. The van der Waals surface area contributed by atoms with Crippen molar-refractivity contribution in [3.05, 3.63) is 45.7 Å². The Kier molecular flexibility index (Phi) is 6.00. The molecule has 0 fully saturated rings. The number of rotatable bonds is 5. The van der Waals surface area contributed by atoms with Crippen LogP contribution in [-0.4, -0.2) is 28.0 Å². The fourth-order valence-electron chi connectivity index (χ4n) is 2.56. The summed E-state index contributed by atoms with van der Waals surface area (Å²) >= 11 is 3.27. The molecule has 0 spiro atoms. The van der Waals surface area contributed by atoms with Gasteiger partial charge in [-0.3, -0.25) is 9.48 Å². The zero-order valence-corrected chi connectivity index (χ0v) is 16.3. The van der Waals surface area contributed by atoms with Crippen LogP contribution >= 0.6 is 15.9 Å². The Bertz CT molecular complexity index is 788. The Hall–Kier alpha value is -2.03. The standard InChI is InChI=1S/C17H19BrF3N3O2/c1-9-14(10(2)24(4)23-9)15(17(19,20)21)22-16(25)11(3)26-13-7-5-12(18)6-8-13/h5-8,11,15H,1-4H3,(H,22,25)/t11-,15+/m1/s1. The number of aromatic nitrogens is 2. The first-order valence-corrected chi connectivity index (χ1v) is 8.59. The quantitative estimate of drug-likeness (QED) is 0.775. The zero-order valence-electron chi connectivity index (χ0n) is 14.7. The predicted octanol–water partition coefficient (Wildman–Crippen LogP) is 3.99. The second-order valence-corrected chi connectivity index (χ2v) is 6.82. The van der Waals surface area contributed by atoms with Gasteiger partial charge < -0.3 is 10.1 Å². The first-order valence-electron chi connectivity index (χ1n) is 7.80. The molecule has 142 valence electrons. The highest BCUT2D eigenvalue weighted by Gasteiger charge is 2.45. The fraction of sp³-hybridized carbons (Fsp3) is 0.412.